The Hall–Kier alpha value is -0.0400. The molecule has 1 aliphatic carbocycles. The minimum Gasteiger partial charge on any atom is -0.311 e. The molecule has 0 saturated heterocycles. The zero-order valence-electron chi connectivity index (χ0n) is 10.3. The lowest BCUT2D eigenvalue weighted by Crippen LogP contribution is -2.43. The van der Waals surface area contributed by atoms with Crippen LogP contribution in [0.15, 0.2) is 0 Å². The summed E-state index contributed by atoms with van der Waals surface area (Å²) in [6, 6.07) is 1.52. The van der Waals surface area contributed by atoms with Gasteiger partial charge in [-0.1, -0.05) is 40.5 Å². The Morgan fingerprint density at radius 2 is 2.00 bits per heavy atom. The second kappa shape index (κ2) is 5.75. The first kappa shape index (κ1) is 12.0. The quantitative estimate of drug-likeness (QED) is 0.726. The lowest BCUT2D eigenvalue weighted by Gasteiger charge is -2.32. The van der Waals surface area contributed by atoms with Gasteiger partial charge in [0.15, 0.2) is 0 Å². The molecule has 0 aromatic rings. The zero-order chi connectivity index (χ0) is 10.6. The van der Waals surface area contributed by atoms with Crippen LogP contribution in [0.25, 0.3) is 0 Å². The highest BCUT2D eigenvalue weighted by molar-refractivity contribution is 4.80. The fraction of sp³-hybridized carbons (Fsp3) is 1.00. The highest BCUT2D eigenvalue weighted by Crippen LogP contribution is 2.24. The Morgan fingerprint density at radius 1 is 1.29 bits per heavy atom. The Kier molecular flexibility index (Phi) is 4.94. The first-order valence-electron chi connectivity index (χ1n) is 6.39. The number of rotatable bonds is 4. The summed E-state index contributed by atoms with van der Waals surface area (Å²) in [4.78, 5) is 0. The number of hydrogen-bond donors (Lipinski definition) is 1. The SMILES string of the molecule is CCC(NC1CCCC(C)C1)C(C)C. The molecule has 0 spiro atoms. The van der Waals surface area contributed by atoms with Gasteiger partial charge in [-0.05, 0) is 31.1 Å². The van der Waals surface area contributed by atoms with E-state index in [1.807, 2.05) is 0 Å². The first-order chi connectivity index (χ1) is 6.63. The molecule has 84 valence electrons. The second-order valence-electron chi connectivity index (χ2n) is 5.39. The minimum absolute atomic E-state index is 0.727. The molecule has 14 heavy (non-hydrogen) atoms. The molecule has 1 saturated carbocycles. The van der Waals surface area contributed by atoms with Gasteiger partial charge in [-0.3, -0.25) is 0 Å². The van der Waals surface area contributed by atoms with Crippen molar-refractivity contribution in [2.45, 2.75) is 71.9 Å². The van der Waals surface area contributed by atoms with Crippen LogP contribution < -0.4 is 5.32 Å². The van der Waals surface area contributed by atoms with Crippen LogP contribution in [0.2, 0.25) is 0 Å². The van der Waals surface area contributed by atoms with E-state index in [-0.39, 0.29) is 0 Å². The molecule has 0 aromatic heterocycles. The molecular weight excluding hydrogens is 170 g/mol. The summed E-state index contributed by atoms with van der Waals surface area (Å²) in [5.74, 6) is 1.71. The molecule has 0 heterocycles. The van der Waals surface area contributed by atoms with Crippen molar-refractivity contribution in [3.05, 3.63) is 0 Å². The topological polar surface area (TPSA) is 12.0 Å². The molecule has 1 N–H and O–H groups in total. The van der Waals surface area contributed by atoms with Crippen LogP contribution in [0.1, 0.15) is 59.8 Å². The summed E-state index contributed by atoms with van der Waals surface area (Å²) in [5.41, 5.74) is 0. The number of hydrogen-bond acceptors (Lipinski definition) is 1. The van der Waals surface area contributed by atoms with Crippen molar-refractivity contribution in [3.63, 3.8) is 0 Å². The van der Waals surface area contributed by atoms with Crippen molar-refractivity contribution < 1.29 is 0 Å². The summed E-state index contributed by atoms with van der Waals surface area (Å²) in [7, 11) is 0. The molecule has 1 fully saturated rings. The summed E-state index contributed by atoms with van der Waals surface area (Å²) < 4.78 is 0. The molecule has 1 rings (SSSR count). The fourth-order valence-electron chi connectivity index (χ4n) is 2.67. The second-order valence-corrected chi connectivity index (χ2v) is 5.39. The van der Waals surface area contributed by atoms with E-state index in [1.165, 1.54) is 32.1 Å². The van der Waals surface area contributed by atoms with E-state index in [9.17, 15) is 0 Å². The molecular formula is C13H27N. The predicted molar refractivity (Wildman–Crippen MR) is 63.5 cm³/mol. The van der Waals surface area contributed by atoms with E-state index in [0.717, 1.165) is 23.9 Å². The van der Waals surface area contributed by atoms with Crippen molar-refractivity contribution >= 4 is 0 Å². The van der Waals surface area contributed by atoms with Gasteiger partial charge in [0.25, 0.3) is 0 Å². The fourth-order valence-corrected chi connectivity index (χ4v) is 2.67. The summed E-state index contributed by atoms with van der Waals surface area (Å²) in [5, 5.41) is 3.84. The maximum Gasteiger partial charge on any atom is 0.00900 e. The molecule has 0 radical (unpaired) electrons. The van der Waals surface area contributed by atoms with Gasteiger partial charge in [0.2, 0.25) is 0 Å². The van der Waals surface area contributed by atoms with Crippen LogP contribution in [-0.2, 0) is 0 Å². The normalized spacial score (nSPS) is 30.6. The molecule has 0 bridgehead atoms. The van der Waals surface area contributed by atoms with Crippen molar-refractivity contribution in [3.8, 4) is 0 Å². The van der Waals surface area contributed by atoms with E-state index in [0.29, 0.717) is 0 Å². The Balaban J connectivity index is 2.33. The van der Waals surface area contributed by atoms with Gasteiger partial charge >= 0.3 is 0 Å². The van der Waals surface area contributed by atoms with Crippen molar-refractivity contribution in [1.82, 2.24) is 5.32 Å². The molecule has 0 amide bonds. The standard InChI is InChI=1S/C13H27N/c1-5-13(10(2)3)14-12-8-6-7-11(4)9-12/h10-14H,5-9H2,1-4H3. The van der Waals surface area contributed by atoms with E-state index in [1.54, 1.807) is 0 Å². The Morgan fingerprint density at radius 3 is 2.50 bits per heavy atom. The summed E-state index contributed by atoms with van der Waals surface area (Å²) in [6.07, 6.45) is 6.92. The van der Waals surface area contributed by atoms with Crippen LogP contribution in [0.3, 0.4) is 0 Å². The van der Waals surface area contributed by atoms with Crippen LogP contribution in [0.4, 0.5) is 0 Å². The van der Waals surface area contributed by atoms with Crippen molar-refractivity contribution in [2.24, 2.45) is 11.8 Å². The Labute approximate surface area is 89.7 Å². The van der Waals surface area contributed by atoms with Crippen LogP contribution in [-0.4, -0.2) is 12.1 Å². The molecule has 3 atom stereocenters. The lowest BCUT2D eigenvalue weighted by atomic mass is 9.86. The largest absolute Gasteiger partial charge is 0.311 e. The number of nitrogens with one attached hydrogen (secondary N) is 1. The minimum atomic E-state index is 0.727. The average Bonchev–Trinajstić information content (AvgIpc) is 2.14. The molecule has 0 aliphatic heterocycles. The maximum absolute atomic E-state index is 3.84. The van der Waals surface area contributed by atoms with Gasteiger partial charge in [0, 0.05) is 12.1 Å². The van der Waals surface area contributed by atoms with E-state index in [2.05, 4.69) is 33.0 Å². The van der Waals surface area contributed by atoms with E-state index < -0.39 is 0 Å². The van der Waals surface area contributed by atoms with Crippen LogP contribution in [0.5, 0.6) is 0 Å². The third kappa shape index (κ3) is 3.61. The van der Waals surface area contributed by atoms with Gasteiger partial charge in [-0.25, -0.2) is 0 Å². The molecule has 1 aliphatic rings. The monoisotopic (exact) mass is 197 g/mol. The molecule has 1 nitrogen and oxygen atoms in total. The molecule has 0 aromatic carbocycles. The zero-order valence-corrected chi connectivity index (χ0v) is 10.3. The van der Waals surface area contributed by atoms with E-state index >= 15 is 0 Å². The smallest absolute Gasteiger partial charge is 0.00900 e. The molecule has 3 unspecified atom stereocenters. The predicted octanol–water partition coefficient (Wildman–Crippen LogP) is 3.59. The highest BCUT2D eigenvalue weighted by atomic mass is 15.0. The molecule has 1 heteroatoms. The van der Waals surface area contributed by atoms with Crippen LogP contribution in [0, 0.1) is 11.8 Å². The third-order valence-corrected chi connectivity index (χ3v) is 3.63. The van der Waals surface area contributed by atoms with Gasteiger partial charge in [-0.2, -0.15) is 0 Å². The van der Waals surface area contributed by atoms with E-state index in [4.69, 9.17) is 0 Å². The lowest BCUT2D eigenvalue weighted by molar-refractivity contribution is 0.254. The maximum atomic E-state index is 3.84. The van der Waals surface area contributed by atoms with Crippen LogP contribution >= 0.6 is 0 Å². The van der Waals surface area contributed by atoms with Gasteiger partial charge in [-0.15, -0.1) is 0 Å². The van der Waals surface area contributed by atoms with Crippen molar-refractivity contribution in [1.29, 1.82) is 0 Å². The van der Waals surface area contributed by atoms with Crippen molar-refractivity contribution in [2.75, 3.05) is 0 Å². The summed E-state index contributed by atoms with van der Waals surface area (Å²) >= 11 is 0. The van der Waals surface area contributed by atoms with Gasteiger partial charge < -0.3 is 5.32 Å². The first-order valence-corrected chi connectivity index (χ1v) is 6.39. The van der Waals surface area contributed by atoms with Gasteiger partial charge in [0.05, 0.1) is 0 Å². The highest BCUT2D eigenvalue weighted by Gasteiger charge is 2.21. The summed E-state index contributed by atoms with van der Waals surface area (Å²) in [6.45, 7) is 9.34. The Bertz CT molecular complexity index is 153. The van der Waals surface area contributed by atoms with Gasteiger partial charge in [0.1, 0.15) is 0 Å². The third-order valence-electron chi connectivity index (χ3n) is 3.63. The average molecular weight is 197 g/mol.